The molecule has 1 amide bonds. The summed E-state index contributed by atoms with van der Waals surface area (Å²) in [6.45, 7) is 0. The normalized spacial score (nSPS) is 30.9. The van der Waals surface area contributed by atoms with Crippen LogP contribution in [0.2, 0.25) is 0 Å². The average molecular weight is 274 g/mol. The Morgan fingerprint density at radius 3 is 2.56 bits per heavy atom. The van der Waals surface area contributed by atoms with Gasteiger partial charge in [-0.2, -0.15) is 0 Å². The molecule has 0 aromatic carbocycles. The lowest BCUT2D eigenvalue weighted by Crippen LogP contribution is -2.78. The van der Waals surface area contributed by atoms with E-state index in [1.807, 2.05) is 0 Å². The number of carbonyl (C=O) groups is 3. The molecule has 2 aliphatic heterocycles. The maximum absolute atomic E-state index is 11.8. The van der Waals surface area contributed by atoms with Gasteiger partial charge in [-0.05, 0) is 0 Å². The third kappa shape index (κ3) is 1.44. The summed E-state index contributed by atoms with van der Waals surface area (Å²) in [6, 6.07) is 0. The number of amides is 1. The SMILES string of the molecule is COC1(N)C(=O)N2C(C(=O)O)=C(C(=O)O)CS[C@@H]21. The zero-order chi connectivity index (χ0) is 13.7. The van der Waals surface area contributed by atoms with Crippen molar-refractivity contribution in [1.82, 2.24) is 4.90 Å². The molecule has 0 aromatic rings. The van der Waals surface area contributed by atoms with E-state index in [0.29, 0.717) is 0 Å². The van der Waals surface area contributed by atoms with E-state index in [1.165, 1.54) is 7.11 Å². The van der Waals surface area contributed by atoms with Crippen molar-refractivity contribution in [3.05, 3.63) is 11.3 Å². The van der Waals surface area contributed by atoms with Gasteiger partial charge in [-0.25, -0.2) is 9.59 Å². The topological polar surface area (TPSA) is 130 Å². The summed E-state index contributed by atoms with van der Waals surface area (Å²) in [5.74, 6) is -3.63. The highest BCUT2D eigenvalue weighted by molar-refractivity contribution is 8.00. The highest BCUT2D eigenvalue weighted by Crippen LogP contribution is 2.45. The molecule has 0 saturated carbocycles. The molecule has 9 heteroatoms. The van der Waals surface area contributed by atoms with Gasteiger partial charge in [-0.3, -0.25) is 15.4 Å². The fourth-order valence-corrected chi connectivity index (χ4v) is 3.28. The number of carbonyl (C=O) groups excluding carboxylic acids is 1. The smallest absolute Gasteiger partial charge is 0.353 e. The fraction of sp³-hybridized carbons (Fsp3) is 0.444. The summed E-state index contributed by atoms with van der Waals surface area (Å²) < 4.78 is 4.88. The molecule has 0 aromatic heterocycles. The molecule has 1 unspecified atom stereocenters. The van der Waals surface area contributed by atoms with Crippen LogP contribution in [0.1, 0.15) is 0 Å². The number of rotatable bonds is 3. The maximum atomic E-state index is 11.8. The van der Waals surface area contributed by atoms with Gasteiger partial charge >= 0.3 is 11.9 Å². The van der Waals surface area contributed by atoms with Gasteiger partial charge in [0.2, 0.25) is 5.72 Å². The molecule has 0 bridgehead atoms. The number of nitrogens with zero attached hydrogens (tertiary/aromatic N) is 1. The van der Waals surface area contributed by atoms with Gasteiger partial charge in [0.15, 0.2) is 0 Å². The Labute approximate surface area is 105 Å². The van der Waals surface area contributed by atoms with Crippen molar-refractivity contribution >= 4 is 29.6 Å². The zero-order valence-electron chi connectivity index (χ0n) is 9.24. The first-order chi connectivity index (χ1) is 8.34. The highest BCUT2D eigenvalue weighted by Gasteiger charge is 2.64. The predicted octanol–water partition coefficient (Wildman–Crippen LogP) is -1.37. The van der Waals surface area contributed by atoms with Crippen LogP contribution in [0.4, 0.5) is 0 Å². The molecule has 18 heavy (non-hydrogen) atoms. The van der Waals surface area contributed by atoms with Crippen molar-refractivity contribution in [3.63, 3.8) is 0 Å². The number of hydrogen-bond donors (Lipinski definition) is 3. The molecule has 1 saturated heterocycles. The number of aliphatic carboxylic acids is 2. The highest BCUT2D eigenvalue weighted by atomic mass is 32.2. The van der Waals surface area contributed by atoms with Crippen molar-refractivity contribution < 1.29 is 29.3 Å². The van der Waals surface area contributed by atoms with E-state index < -0.39 is 34.6 Å². The number of methoxy groups -OCH3 is 1. The molecule has 0 aliphatic carbocycles. The van der Waals surface area contributed by atoms with Crippen LogP contribution in [0.3, 0.4) is 0 Å². The average Bonchev–Trinajstić information content (AvgIpc) is 2.34. The van der Waals surface area contributed by atoms with Gasteiger partial charge in [0.25, 0.3) is 5.91 Å². The summed E-state index contributed by atoms with van der Waals surface area (Å²) in [4.78, 5) is 34.7. The largest absolute Gasteiger partial charge is 0.478 e. The van der Waals surface area contributed by atoms with Crippen molar-refractivity contribution in [2.45, 2.75) is 11.1 Å². The minimum atomic E-state index is -1.59. The van der Waals surface area contributed by atoms with Crippen LogP contribution in [0, 0.1) is 0 Å². The van der Waals surface area contributed by atoms with Gasteiger partial charge in [-0.1, -0.05) is 0 Å². The Morgan fingerprint density at radius 1 is 1.50 bits per heavy atom. The summed E-state index contributed by atoms with van der Waals surface area (Å²) in [7, 11) is 1.24. The lowest BCUT2D eigenvalue weighted by atomic mass is 9.99. The molecule has 0 spiro atoms. The van der Waals surface area contributed by atoms with E-state index in [9.17, 15) is 14.4 Å². The Kier molecular flexibility index (Phi) is 2.84. The first kappa shape index (κ1) is 12.9. The molecule has 8 nitrogen and oxygen atoms in total. The van der Waals surface area contributed by atoms with Gasteiger partial charge < -0.3 is 14.9 Å². The van der Waals surface area contributed by atoms with Crippen LogP contribution in [0.5, 0.6) is 0 Å². The lowest BCUT2D eigenvalue weighted by Gasteiger charge is -2.53. The number of carboxylic acid groups (broad SMARTS) is 2. The molecule has 4 N–H and O–H groups in total. The van der Waals surface area contributed by atoms with Crippen LogP contribution in [-0.4, -0.2) is 56.9 Å². The minimum absolute atomic E-state index is 0.0479. The quantitative estimate of drug-likeness (QED) is 0.424. The predicted molar refractivity (Wildman–Crippen MR) is 59.3 cm³/mol. The second kappa shape index (κ2) is 3.97. The molecule has 98 valence electrons. The Balaban J connectivity index is 2.47. The van der Waals surface area contributed by atoms with E-state index in [2.05, 4.69) is 0 Å². The van der Waals surface area contributed by atoms with Crippen molar-refractivity contribution in [1.29, 1.82) is 0 Å². The number of nitrogens with two attached hydrogens (primary N) is 1. The van der Waals surface area contributed by atoms with Gasteiger partial charge in [0, 0.05) is 12.9 Å². The minimum Gasteiger partial charge on any atom is -0.478 e. The summed E-state index contributed by atoms with van der Waals surface area (Å²) in [5, 5.41) is 17.2. The Hall–Kier alpha value is -1.58. The van der Waals surface area contributed by atoms with Gasteiger partial charge in [-0.15, -0.1) is 11.8 Å². The van der Waals surface area contributed by atoms with Crippen molar-refractivity contribution in [3.8, 4) is 0 Å². The van der Waals surface area contributed by atoms with E-state index >= 15 is 0 Å². The second-order valence-corrected chi connectivity index (χ2v) is 4.84. The lowest BCUT2D eigenvalue weighted by molar-refractivity contribution is -0.183. The molecule has 0 radical (unpaired) electrons. The molecule has 2 heterocycles. The number of carboxylic acids is 2. The molecular formula is C9H10N2O6S. The fourth-order valence-electron chi connectivity index (χ4n) is 1.90. The molecular weight excluding hydrogens is 264 g/mol. The Morgan fingerprint density at radius 2 is 2.11 bits per heavy atom. The van der Waals surface area contributed by atoms with Crippen LogP contribution < -0.4 is 5.73 Å². The second-order valence-electron chi connectivity index (χ2n) is 3.77. The third-order valence-corrected chi connectivity index (χ3v) is 4.20. The Bertz CT molecular complexity index is 489. The summed E-state index contributed by atoms with van der Waals surface area (Å²) >= 11 is 1.06. The number of fused-ring (bicyclic) bond motifs is 1. The van der Waals surface area contributed by atoms with E-state index in [0.717, 1.165) is 16.7 Å². The molecule has 2 aliphatic rings. The van der Waals surface area contributed by atoms with Crippen LogP contribution in [-0.2, 0) is 19.1 Å². The number of hydrogen-bond acceptors (Lipinski definition) is 6. The van der Waals surface area contributed by atoms with Crippen molar-refractivity contribution in [2.24, 2.45) is 5.73 Å². The van der Waals surface area contributed by atoms with E-state index in [-0.39, 0.29) is 11.3 Å². The number of thioether (sulfide) groups is 1. The molecule has 2 atom stereocenters. The van der Waals surface area contributed by atoms with Crippen molar-refractivity contribution in [2.75, 3.05) is 12.9 Å². The number of ether oxygens (including phenoxy) is 1. The van der Waals surface area contributed by atoms with Gasteiger partial charge in [0.05, 0.1) is 5.57 Å². The third-order valence-electron chi connectivity index (χ3n) is 2.87. The summed E-state index contributed by atoms with van der Waals surface area (Å²) in [5.41, 5.74) is 3.24. The van der Waals surface area contributed by atoms with Crippen LogP contribution in [0.15, 0.2) is 11.3 Å². The summed E-state index contributed by atoms with van der Waals surface area (Å²) in [6.07, 6.45) is 0. The molecule has 2 rings (SSSR count). The first-order valence-corrected chi connectivity index (χ1v) is 5.88. The van der Waals surface area contributed by atoms with Gasteiger partial charge in [0.1, 0.15) is 11.1 Å². The van der Waals surface area contributed by atoms with E-state index in [4.69, 9.17) is 20.7 Å². The zero-order valence-corrected chi connectivity index (χ0v) is 10.1. The van der Waals surface area contributed by atoms with Crippen LogP contribution in [0.25, 0.3) is 0 Å². The van der Waals surface area contributed by atoms with E-state index in [1.54, 1.807) is 0 Å². The maximum Gasteiger partial charge on any atom is 0.353 e. The molecule has 1 fully saturated rings. The number of β-lactam (4-membered cyclic amide) rings is 1. The van der Waals surface area contributed by atoms with Crippen LogP contribution >= 0.6 is 11.8 Å². The monoisotopic (exact) mass is 274 g/mol. The first-order valence-electron chi connectivity index (χ1n) is 4.83. The standard InChI is InChI=1S/C9H10N2O6S/c1-17-9(10)7(16)11-4(6(14)15)3(5(12)13)2-18-8(9)11/h8H,2,10H2,1H3,(H,12,13)(H,14,15)/t8-,9?/m1/s1.